The Bertz CT molecular complexity index is 1390. The van der Waals surface area contributed by atoms with E-state index in [2.05, 4.69) is 81.5 Å². The fraction of sp³-hybridized carbons (Fsp3) is 0.819. The van der Waals surface area contributed by atoms with Crippen LogP contribution in [0.25, 0.3) is 0 Å². The molecule has 0 radical (unpaired) electrons. The summed E-state index contributed by atoms with van der Waals surface area (Å²) in [5, 5.41) is 0. The Hall–Kier alpha value is -2.89. The van der Waals surface area contributed by atoms with Crippen molar-refractivity contribution in [1.82, 2.24) is 0 Å². The van der Waals surface area contributed by atoms with E-state index < -0.39 is 6.10 Å². The van der Waals surface area contributed by atoms with Crippen LogP contribution in [-0.2, 0) is 28.6 Å². The Labute approximate surface area is 485 Å². The van der Waals surface area contributed by atoms with E-state index in [1.54, 1.807) is 0 Å². The average Bonchev–Trinajstić information content (AvgIpc) is 3.44. The Morgan fingerprint density at radius 1 is 0.269 bits per heavy atom. The maximum Gasteiger partial charge on any atom is 0.306 e. The highest BCUT2D eigenvalue weighted by atomic mass is 16.6. The molecule has 0 rings (SSSR count). The molecule has 0 aromatic heterocycles. The predicted molar refractivity (Wildman–Crippen MR) is 339 cm³/mol. The molecule has 0 bridgehead atoms. The van der Waals surface area contributed by atoms with Crippen LogP contribution in [0.5, 0.6) is 0 Å². The van der Waals surface area contributed by atoms with Crippen molar-refractivity contribution in [3.8, 4) is 0 Å². The quantitative estimate of drug-likeness (QED) is 0.0261. The fourth-order valence-electron chi connectivity index (χ4n) is 10.2. The topological polar surface area (TPSA) is 78.9 Å². The Balaban J connectivity index is 4.00. The normalized spacial score (nSPS) is 12.4. The molecule has 78 heavy (non-hydrogen) atoms. The maximum absolute atomic E-state index is 12.9. The zero-order chi connectivity index (χ0) is 56.4. The van der Waals surface area contributed by atoms with Crippen LogP contribution >= 0.6 is 0 Å². The summed E-state index contributed by atoms with van der Waals surface area (Å²) < 4.78 is 16.9. The number of ether oxygens (including phenoxy) is 3. The summed E-state index contributed by atoms with van der Waals surface area (Å²) in [6, 6.07) is 0. The van der Waals surface area contributed by atoms with Crippen LogP contribution in [0.4, 0.5) is 0 Å². The summed E-state index contributed by atoms with van der Waals surface area (Å²) in [4.78, 5) is 38.1. The van der Waals surface area contributed by atoms with Gasteiger partial charge in [0.15, 0.2) is 6.10 Å². The molecule has 6 heteroatoms. The number of unbranched alkanes of at least 4 members (excludes halogenated alkanes) is 42. The Morgan fingerprint density at radius 2 is 0.500 bits per heavy atom. The number of rotatable bonds is 63. The molecular formula is C72H130O6. The summed E-state index contributed by atoms with van der Waals surface area (Å²) in [6.07, 6.45) is 85.6. The maximum atomic E-state index is 12.9. The van der Waals surface area contributed by atoms with Gasteiger partial charge in [-0.05, 0) is 64.2 Å². The van der Waals surface area contributed by atoms with Gasteiger partial charge in [0, 0.05) is 19.3 Å². The average molecular weight is 1090 g/mol. The van der Waals surface area contributed by atoms with Crippen LogP contribution in [0, 0.1) is 0 Å². The first-order valence-electron chi connectivity index (χ1n) is 34.3. The minimum atomic E-state index is -0.767. The summed E-state index contributed by atoms with van der Waals surface area (Å²) in [7, 11) is 0. The molecule has 0 aliphatic carbocycles. The van der Waals surface area contributed by atoms with Gasteiger partial charge in [-0.25, -0.2) is 0 Å². The van der Waals surface area contributed by atoms with E-state index in [0.717, 1.165) is 89.9 Å². The van der Waals surface area contributed by atoms with Crippen molar-refractivity contribution in [2.45, 2.75) is 367 Å². The third kappa shape index (κ3) is 63.9. The van der Waals surface area contributed by atoms with Crippen LogP contribution in [-0.4, -0.2) is 37.2 Å². The van der Waals surface area contributed by atoms with E-state index in [1.165, 1.54) is 231 Å². The number of hydrogen-bond acceptors (Lipinski definition) is 6. The predicted octanol–water partition coefficient (Wildman–Crippen LogP) is 23.5. The lowest BCUT2D eigenvalue weighted by Gasteiger charge is -2.18. The van der Waals surface area contributed by atoms with E-state index in [9.17, 15) is 14.4 Å². The van der Waals surface area contributed by atoms with Crippen molar-refractivity contribution < 1.29 is 28.6 Å². The molecule has 0 heterocycles. The molecule has 0 saturated heterocycles. The second-order valence-corrected chi connectivity index (χ2v) is 23.1. The first-order valence-corrected chi connectivity index (χ1v) is 34.3. The lowest BCUT2D eigenvalue weighted by molar-refractivity contribution is -0.167. The molecule has 0 amide bonds. The Kier molecular flexibility index (Phi) is 64.2. The second-order valence-electron chi connectivity index (χ2n) is 23.1. The van der Waals surface area contributed by atoms with Gasteiger partial charge in [-0.2, -0.15) is 0 Å². The van der Waals surface area contributed by atoms with E-state index in [1.807, 2.05) is 0 Å². The van der Waals surface area contributed by atoms with Gasteiger partial charge in [0.25, 0.3) is 0 Å². The van der Waals surface area contributed by atoms with Gasteiger partial charge in [-0.3, -0.25) is 14.4 Å². The minimum Gasteiger partial charge on any atom is -0.462 e. The lowest BCUT2D eigenvalue weighted by atomic mass is 10.0. The standard InChI is InChI=1S/C72H130O6/c1-4-7-10-13-16-18-20-22-24-26-28-30-31-32-33-34-35-36-37-38-39-40-41-42-44-45-47-49-51-53-56-59-62-65-71(74)77-68-69(67-76-70(73)64-61-58-55-15-12-9-6-3)78-72(75)66-63-60-57-54-52-50-48-46-43-29-27-25-23-21-19-17-14-11-8-5-2/h7,10,16,18,22,24,28,30,32-33,69H,4-6,8-9,11-15,17,19-21,23,25-27,29,31,34-68H2,1-3H3/b10-7-,18-16-,24-22-,30-28-,33-32-. The molecule has 6 nitrogen and oxygen atoms in total. The molecule has 0 aromatic carbocycles. The molecule has 0 fully saturated rings. The zero-order valence-corrected chi connectivity index (χ0v) is 52.2. The molecular weight excluding hydrogens is 961 g/mol. The van der Waals surface area contributed by atoms with Crippen LogP contribution in [0.15, 0.2) is 60.8 Å². The number of hydrogen-bond donors (Lipinski definition) is 0. The number of carbonyl (C=O) groups is 3. The molecule has 0 saturated carbocycles. The third-order valence-electron chi connectivity index (χ3n) is 15.3. The van der Waals surface area contributed by atoms with Crippen molar-refractivity contribution in [2.24, 2.45) is 0 Å². The Morgan fingerprint density at radius 3 is 0.782 bits per heavy atom. The summed E-state index contributed by atoms with van der Waals surface area (Å²) >= 11 is 0. The second kappa shape index (κ2) is 66.6. The zero-order valence-electron chi connectivity index (χ0n) is 52.2. The first-order chi connectivity index (χ1) is 38.5. The van der Waals surface area contributed by atoms with E-state index in [0.29, 0.717) is 19.3 Å². The fourth-order valence-corrected chi connectivity index (χ4v) is 10.2. The van der Waals surface area contributed by atoms with Crippen molar-refractivity contribution in [1.29, 1.82) is 0 Å². The summed E-state index contributed by atoms with van der Waals surface area (Å²) in [5.74, 6) is -0.850. The highest BCUT2D eigenvalue weighted by molar-refractivity contribution is 5.71. The molecule has 0 aromatic rings. The van der Waals surface area contributed by atoms with Crippen molar-refractivity contribution in [3.63, 3.8) is 0 Å². The van der Waals surface area contributed by atoms with Crippen LogP contribution in [0.3, 0.4) is 0 Å². The van der Waals surface area contributed by atoms with E-state index >= 15 is 0 Å². The van der Waals surface area contributed by atoms with E-state index in [4.69, 9.17) is 14.2 Å². The molecule has 0 N–H and O–H groups in total. The van der Waals surface area contributed by atoms with Gasteiger partial charge in [0.2, 0.25) is 0 Å². The minimum absolute atomic E-state index is 0.0675. The van der Waals surface area contributed by atoms with Gasteiger partial charge >= 0.3 is 17.9 Å². The van der Waals surface area contributed by atoms with Crippen molar-refractivity contribution in [2.75, 3.05) is 13.2 Å². The van der Waals surface area contributed by atoms with Crippen molar-refractivity contribution in [3.05, 3.63) is 60.8 Å². The van der Waals surface area contributed by atoms with E-state index in [-0.39, 0.29) is 31.1 Å². The lowest BCUT2D eigenvalue weighted by Crippen LogP contribution is -2.30. The van der Waals surface area contributed by atoms with Gasteiger partial charge in [0.1, 0.15) is 13.2 Å². The van der Waals surface area contributed by atoms with Crippen LogP contribution in [0.2, 0.25) is 0 Å². The van der Waals surface area contributed by atoms with Gasteiger partial charge < -0.3 is 14.2 Å². The highest BCUT2D eigenvalue weighted by Gasteiger charge is 2.19. The SMILES string of the molecule is CC/C=C\C/C=C\C/C=C\C/C=C\C/C=C\CCCCCCCCCCCCCCCCCCCC(=O)OCC(COC(=O)CCCCCCCCC)OC(=O)CCCCCCCCCCCCCCCCCCCCCC. The summed E-state index contributed by atoms with van der Waals surface area (Å²) in [6.45, 7) is 6.54. The number of esters is 3. The molecule has 1 atom stereocenters. The molecule has 1 unspecified atom stereocenters. The summed E-state index contributed by atoms with van der Waals surface area (Å²) in [5.41, 5.74) is 0. The molecule has 0 spiro atoms. The third-order valence-corrected chi connectivity index (χ3v) is 15.3. The monoisotopic (exact) mass is 1090 g/mol. The molecule has 0 aliphatic heterocycles. The van der Waals surface area contributed by atoms with Gasteiger partial charge in [0.05, 0.1) is 0 Å². The van der Waals surface area contributed by atoms with Crippen LogP contribution < -0.4 is 0 Å². The first kappa shape index (κ1) is 75.1. The molecule has 454 valence electrons. The van der Waals surface area contributed by atoms with Gasteiger partial charge in [-0.1, -0.05) is 338 Å². The van der Waals surface area contributed by atoms with Crippen molar-refractivity contribution >= 4 is 17.9 Å². The smallest absolute Gasteiger partial charge is 0.306 e. The highest BCUT2D eigenvalue weighted by Crippen LogP contribution is 2.18. The van der Waals surface area contributed by atoms with Crippen LogP contribution in [0.1, 0.15) is 361 Å². The largest absolute Gasteiger partial charge is 0.462 e. The number of allylic oxidation sites excluding steroid dienone is 10. The number of carbonyl (C=O) groups excluding carboxylic acids is 3. The van der Waals surface area contributed by atoms with Gasteiger partial charge in [-0.15, -0.1) is 0 Å². The molecule has 0 aliphatic rings.